The second kappa shape index (κ2) is 5.02. The first kappa shape index (κ1) is 12.8. The van der Waals surface area contributed by atoms with Crippen molar-refractivity contribution in [3.8, 4) is 0 Å². The van der Waals surface area contributed by atoms with Gasteiger partial charge < -0.3 is 10.3 Å². The summed E-state index contributed by atoms with van der Waals surface area (Å²) in [5.41, 5.74) is 3.16. The molecule has 2 aromatic carbocycles. The van der Waals surface area contributed by atoms with E-state index in [0.717, 1.165) is 16.5 Å². The van der Waals surface area contributed by atoms with Crippen LogP contribution in [0.3, 0.4) is 0 Å². The molecule has 2 N–H and O–H groups in total. The molecule has 1 aromatic heterocycles. The predicted molar refractivity (Wildman–Crippen MR) is 82.4 cm³/mol. The number of carbonyl (C=O) groups is 1. The van der Waals surface area contributed by atoms with Gasteiger partial charge in [-0.15, -0.1) is 0 Å². The zero-order valence-corrected chi connectivity index (χ0v) is 11.7. The fraction of sp³-hybridized carbons (Fsp3) is 0.0625. The van der Waals surface area contributed by atoms with Gasteiger partial charge in [0.05, 0.1) is 10.7 Å². The van der Waals surface area contributed by atoms with Crippen molar-refractivity contribution < 1.29 is 4.79 Å². The number of anilines is 1. The Morgan fingerprint density at radius 1 is 1.15 bits per heavy atom. The number of aryl methyl sites for hydroxylation is 1. The summed E-state index contributed by atoms with van der Waals surface area (Å²) < 4.78 is 0. The van der Waals surface area contributed by atoms with Crippen molar-refractivity contribution in [3.05, 3.63) is 64.8 Å². The van der Waals surface area contributed by atoms with E-state index in [1.807, 2.05) is 43.5 Å². The summed E-state index contributed by atoms with van der Waals surface area (Å²) in [5.74, 6) is -0.161. The van der Waals surface area contributed by atoms with E-state index in [2.05, 4.69) is 10.3 Å². The summed E-state index contributed by atoms with van der Waals surface area (Å²) in [5, 5.41) is 4.33. The lowest BCUT2D eigenvalue weighted by Gasteiger charge is -2.10. The first-order chi connectivity index (χ1) is 9.66. The van der Waals surface area contributed by atoms with Crippen molar-refractivity contribution in [1.29, 1.82) is 0 Å². The lowest BCUT2D eigenvalue weighted by Crippen LogP contribution is -2.13. The standard InChI is InChI=1S/C16H13ClN2O/c1-10-4-2-6-13(17)15(10)19-16(20)12-5-3-7-14-11(12)8-9-18-14/h2-9,18H,1H3,(H,19,20). The molecule has 100 valence electrons. The van der Waals surface area contributed by atoms with Crippen LogP contribution in [-0.2, 0) is 0 Å². The third-order valence-corrected chi connectivity index (χ3v) is 3.62. The predicted octanol–water partition coefficient (Wildman–Crippen LogP) is 4.38. The molecule has 0 aliphatic heterocycles. The number of aromatic amines is 1. The minimum Gasteiger partial charge on any atom is -0.361 e. The molecule has 20 heavy (non-hydrogen) atoms. The minimum absolute atomic E-state index is 0.161. The maximum absolute atomic E-state index is 12.4. The van der Waals surface area contributed by atoms with Crippen LogP contribution in [0.5, 0.6) is 0 Å². The SMILES string of the molecule is Cc1cccc(Cl)c1NC(=O)c1cccc2[nH]ccc12. The number of fused-ring (bicyclic) bond motifs is 1. The van der Waals surface area contributed by atoms with Crippen molar-refractivity contribution in [2.75, 3.05) is 5.32 Å². The highest BCUT2D eigenvalue weighted by Gasteiger charge is 2.13. The number of rotatable bonds is 2. The van der Waals surface area contributed by atoms with E-state index in [1.165, 1.54) is 0 Å². The van der Waals surface area contributed by atoms with Crippen molar-refractivity contribution in [3.63, 3.8) is 0 Å². The third-order valence-electron chi connectivity index (χ3n) is 3.30. The molecule has 0 spiro atoms. The number of hydrogen-bond acceptors (Lipinski definition) is 1. The Hall–Kier alpha value is -2.26. The van der Waals surface area contributed by atoms with E-state index in [9.17, 15) is 4.79 Å². The molecule has 0 fully saturated rings. The third kappa shape index (κ3) is 2.17. The molecule has 0 aliphatic carbocycles. The second-order valence-electron chi connectivity index (χ2n) is 4.63. The summed E-state index contributed by atoms with van der Waals surface area (Å²) >= 11 is 6.14. The fourth-order valence-corrected chi connectivity index (χ4v) is 2.52. The zero-order chi connectivity index (χ0) is 14.1. The Bertz CT molecular complexity index is 772. The molecular formula is C16H13ClN2O. The molecular weight excluding hydrogens is 272 g/mol. The van der Waals surface area contributed by atoms with E-state index in [1.54, 1.807) is 12.1 Å². The second-order valence-corrected chi connectivity index (χ2v) is 5.04. The van der Waals surface area contributed by atoms with Crippen molar-refractivity contribution in [2.45, 2.75) is 6.92 Å². The summed E-state index contributed by atoms with van der Waals surface area (Å²) in [6.07, 6.45) is 1.82. The molecule has 0 saturated heterocycles. The van der Waals surface area contributed by atoms with Gasteiger partial charge in [-0.2, -0.15) is 0 Å². The number of nitrogens with one attached hydrogen (secondary N) is 2. The van der Waals surface area contributed by atoms with Crippen LogP contribution >= 0.6 is 11.6 Å². The van der Waals surface area contributed by atoms with Crippen LogP contribution in [0.4, 0.5) is 5.69 Å². The summed E-state index contributed by atoms with van der Waals surface area (Å²) in [7, 11) is 0. The van der Waals surface area contributed by atoms with Gasteiger partial charge in [-0.3, -0.25) is 4.79 Å². The van der Waals surface area contributed by atoms with E-state index in [-0.39, 0.29) is 5.91 Å². The van der Waals surface area contributed by atoms with Crippen LogP contribution in [0, 0.1) is 6.92 Å². The smallest absolute Gasteiger partial charge is 0.256 e. The topological polar surface area (TPSA) is 44.9 Å². The molecule has 0 radical (unpaired) electrons. The number of H-pyrrole nitrogens is 1. The van der Waals surface area contributed by atoms with Crippen molar-refractivity contribution in [1.82, 2.24) is 4.98 Å². The minimum atomic E-state index is -0.161. The maximum atomic E-state index is 12.4. The molecule has 4 heteroatoms. The maximum Gasteiger partial charge on any atom is 0.256 e. The highest BCUT2D eigenvalue weighted by atomic mass is 35.5. The molecule has 0 aliphatic rings. The van der Waals surface area contributed by atoms with Gasteiger partial charge in [0.2, 0.25) is 0 Å². The number of amides is 1. The van der Waals surface area contributed by atoms with Gasteiger partial charge in [0, 0.05) is 22.7 Å². The molecule has 3 aromatic rings. The molecule has 0 atom stereocenters. The van der Waals surface area contributed by atoms with Gasteiger partial charge in [-0.05, 0) is 36.8 Å². The van der Waals surface area contributed by atoms with Gasteiger partial charge in [-0.1, -0.05) is 29.8 Å². The molecule has 3 nitrogen and oxygen atoms in total. The Morgan fingerprint density at radius 3 is 2.75 bits per heavy atom. The summed E-state index contributed by atoms with van der Waals surface area (Å²) in [6.45, 7) is 1.92. The van der Waals surface area contributed by atoms with Crippen LogP contribution in [0.1, 0.15) is 15.9 Å². The van der Waals surface area contributed by atoms with E-state index in [4.69, 9.17) is 11.6 Å². The summed E-state index contributed by atoms with van der Waals surface area (Å²) in [6, 6.07) is 13.0. The number of benzene rings is 2. The normalized spacial score (nSPS) is 10.7. The van der Waals surface area contributed by atoms with Crippen LogP contribution in [0.2, 0.25) is 5.02 Å². The van der Waals surface area contributed by atoms with Gasteiger partial charge in [0.25, 0.3) is 5.91 Å². The molecule has 0 saturated carbocycles. The largest absolute Gasteiger partial charge is 0.361 e. The molecule has 3 rings (SSSR count). The van der Waals surface area contributed by atoms with Crippen molar-refractivity contribution >= 4 is 34.1 Å². The highest BCUT2D eigenvalue weighted by molar-refractivity contribution is 6.34. The lowest BCUT2D eigenvalue weighted by molar-refractivity contribution is 0.102. The Labute approximate surface area is 121 Å². The van der Waals surface area contributed by atoms with Crippen LogP contribution in [0.15, 0.2) is 48.7 Å². The first-order valence-corrected chi connectivity index (χ1v) is 6.67. The number of aromatic nitrogens is 1. The number of para-hydroxylation sites is 1. The number of hydrogen-bond donors (Lipinski definition) is 2. The van der Waals surface area contributed by atoms with Crippen LogP contribution in [0.25, 0.3) is 10.9 Å². The van der Waals surface area contributed by atoms with Crippen LogP contribution < -0.4 is 5.32 Å². The van der Waals surface area contributed by atoms with Gasteiger partial charge >= 0.3 is 0 Å². The van der Waals surface area contributed by atoms with Crippen molar-refractivity contribution in [2.24, 2.45) is 0 Å². The lowest BCUT2D eigenvalue weighted by atomic mass is 10.1. The number of halogens is 1. The monoisotopic (exact) mass is 284 g/mol. The number of carbonyl (C=O) groups excluding carboxylic acids is 1. The molecule has 0 unspecified atom stereocenters. The molecule has 1 heterocycles. The average Bonchev–Trinajstić information content (AvgIpc) is 2.91. The summed E-state index contributed by atoms with van der Waals surface area (Å²) in [4.78, 5) is 15.5. The molecule has 1 amide bonds. The first-order valence-electron chi connectivity index (χ1n) is 6.29. The highest BCUT2D eigenvalue weighted by Crippen LogP contribution is 2.26. The van der Waals surface area contributed by atoms with E-state index >= 15 is 0 Å². The zero-order valence-electron chi connectivity index (χ0n) is 10.9. The Morgan fingerprint density at radius 2 is 1.95 bits per heavy atom. The van der Waals surface area contributed by atoms with Gasteiger partial charge in [-0.25, -0.2) is 0 Å². The average molecular weight is 285 g/mol. The van der Waals surface area contributed by atoms with Gasteiger partial charge in [0.1, 0.15) is 0 Å². The fourth-order valence-electron chi connectivity index (χ4n) is 2.25. The van der Waals surface area contributed by atoms with Gasteiger partial charge in [0.15, 0.2) is 0 Å². The molecule has 0 bridgehead atoms. The Kier molecular flexibility index (Phi) is 3.20. The van der Waals surface area contributed by atoms with E-state index in [0.29, 0.717) is 16.3 Å². The Balaban J connectivity index is 2.00. The van der Waals surface area contributed by atoms with Crippen LogP contribution in [-0.4, -0.2) is 10.9 Å². The van der Waals surface area contributed by atoms with E-state index < -0.39 is 0 Å². The quantitative estimate of drug-likeness (QED) is 0.720.